The summed E-state index contributed by atoms with van der Waals surface area (Å²) >= 11 is 0. The third-order valence-corrected chi connectivity index (χ3v) is 3.18. The summed E-state index contributed by atoms with van der Waals surface area (Å²) in [5.74, 6) is 0.698. The summed E-state index contributed by atoms with van der Waals surface area (Å²) in [6, 6.07) is 9.00. The highest BCUT2D eigenvalue weighted by Gasteiger charge is 2.05. The van der Waals surface area contributed by atoms with E-state index in [1.807, 2.05) is 19.1 Å². The van der Waals surface area contributed by atoms with E-state index in [1.165, 1.54) is 0 Å². The SMILES string of the molecule is Cc1cc2c(=O)n(CCOc3cccc(N)c3)ccn2n1. The van der Waals surface area contributed by atoms with Gasteiger partial charge in [-0.05, 0) is 25.1 Å². The van der Waals surface area contributed by atoms with Gasteiger partial charge in [0.1, 0.15) is 17.9 Å². The Morgan fingerprint density at radius 3 is 2.95 bits per heavy atom. The summed E-state index contributed by atoms with van der Waals surface area (Å²) in [5, 5.41) is 4.21. The molecule has 0 bridgehead atoms. The van der Waals surface area contributed by atoms with Crippen molar-refractivity contribution in [1.29, 1.82) is 0 Å². The van der Waals surface area contributed by atoms with E-state index in [-0.39, 0.29) is 5.56 Å². The maximum atomic E-state index is 12.3. The molecule has 0 unspecified atom stereocenters. The van der Waals surface area contributed by atoms with E-state index < -0.39 is 0 Å². The van der Waals surface area contributed by atoms with Crippen molar-refractivity contribution >= 4 is 11.2 Å². The molecule has 2 heterocycles. The van der Waals surface area contributed by atoms with Crippen LogP contribution in [0.5, 0.6) is 5.75 Å². The lowest BCUT2D eigenvalue weighted by atomic mass is 10.3. The molecule has 0 spiro atoms. The van der Waals surface area contributed by atoms with Gasteiger partial charge in [0.15, 0.2) is 0 Å². The molecule has 6 heteroatoms. The lowest BCUT2D eigenvalue weighted by molar-refractivity contribution is 0.296. The summed E-state index contributed by atoms with van der Waals surface area (Å²) in [7, 11) is 0. The number of benzene rings is 1. The number of aryl methyl sites for hydroxylation is 1. The average Bonchev–Trinajstić information content (AvgIpc) is 2.83. The van der Waals surface area contributed by atoms with Crippen LogP contribution in [0.2, 0.25) is 0 Å². The van der Waals surface area contributed by atoms with Gasteiger partial charge in [0, 0.05) is 24.1 Å². The maximum absolute atomic E-state index is 12.3. The minimum atomic E-state index is -0.0747. The molecule has 6 nitrogen and oxygen atoms in total. The van der Waals surface area contributed by atoms with E-state index in [0.717, 1.165) is 5.69 Å². The summed E-state index contributed by atoms with van der Waals surface area (Å²) in [6.45, 7) is 2.72. The first-order chi connectivity index (χ1) is 10.1. The van der Waals surface area contributed by atoms with Gasteiger partial charge in [-0.1, -0.05) is 6.07 Å². The second-order valence-corrected chi connectivity index (χ2v) is 4.83. The molecule has 0 saturated carbocycles. The summed E-state index contributed by atoms with van der Waals surface area (Å²) in [5.41, 5.74) is 7.65. The fourth-order valence-electron chi connectivity index (χ4n) is 2.19. The number of anilines is 1. The molecule has 0 radical (unpaired) electrons. The molecule has 0 atom stereocenters. The van der Waals surface area contributed by atoms with E-state index in [0.29, 0.717) is 30.1 Å². The highest BCUT2D eigenvalue weighted by atomic mass is 16.5. The summed E-state index contributed by atoms with van der Waals surface area (Å²) < 4.78 is 8.80. The smallest absolute Gasteiger partial charge is 0.276 e. The van der Waals surface area contributed by atoms with Gasteiger partial charge in [-0.25, -0.2) is 4.52 Å². The predicted octanol–water partition coefficient (Wildman–Crippen LogP) is 1.47. The number of hydrogen-bond donors (Lipinski definition) is 1. The minimum absolute atomic E-state index is 0.0747. The second-order valence-electron chi connectivity index (χ2n) is 4.83. The molecular weight excluding hydrogens is 268 g/mol. The lowest BCUT2D eigenvalue weighted by Gasteiger charge is -2.08. The first-order valence-electron chi connectivity index (χ1n) is 6.67. The van der Waals surface area contributed by atoms with Crippen LogP contribution in [0.4, 0.5) is 5.69 Å². The molecule has 0 aliphatic rings. The Morgan fingerprint density at radius 1 is 1.29 bits per heavy atom. The van der Waals surface area contributed by atoms with Gasteiger partial charge in [-0.3, -0.25) is 4.79 Å². The summed E-state index contributed by atoms with van der Waals surface area (Å²) in [6.07, 6.45) is 3.48. The van der Waals surface area contributed by atoms with Crippen molar-refractivity contribution in [2.45, 2.75) is 13.5 Å². The highest BCUT2D eigenvalue weighted by molar-refractivity contribution is 5.45. The van der Waals surface area contributed by atoms with Crippen LogP contribution in [-0.2, 0) is 6.54 Å². The van der Waals surface area contributed by atoms with E-state index in [4.69, 9.17) is 10.5 Å². The van der Waals surface area contributed by atoms with Crippen LogP contribution in [0.25, 0.3) is 5.52 Å². The van der Waals surface area contributed by atoms with Crippen LogP contribution in [0.15, 0.2) is 47.5 Å². The molecule has 0 saturated heterocycles. The molecule has 0 amide bonds. The van der Waals surface area contributed by atoms with Crippen molar-refractivity contribution in [3.63, 3.8) is 0 Å². The van der Waals surface area contributed by atoms with Crippen LogP contribution in [0.1, 0.15) is 5.69 Å². The third kappa shape index (κ3) is 2.74. The van der Waals surface area contributed by atoms with E-state index >= 15 is 0 Å². The molecule has 2 aromatic heterocycles. The predicted molar refractivity (Wildman–Crippen MR) is 80.5 cm³/mol. The van der Waals surface area contributed by atoms with Crippen LogP contribution < -0.4 is 16.0 Å². The van der Waals surface area contributed by atoms with E-state index in [2.05, 4.69) is 5.10 Å². The van der Waals surface area contributed by atoms with Crippen LogP contribution in [0, 0.1) is 6.92 Å². The lowest BCUT2D eigenvalue weighted by Crippen LogP contribution is -2.24. The Hall–Kier alpha value is -2.76. The highest BCUT2D eigenvalue weighted by Crippen LogP contribution is 2.14. The molecule has 108 valence electrons. The monoisotopic (exact) mass is 284 g/mol. The van der Waals surface area contributed by atoms with Crippen LogP contribution in [0.3, 0.4) is 0 Å². The van der Waals surface area contributed by atoms with Gasteiger partial charge in [-0.15, -0.1) is 0 Å². The van der Waals surface area contributed by atoms with Crippen LogP contribution in [-0.4, -0.2) is 20.8 Å². The molecule has 1 aromatic carbocycles. The van der Waals surface area contributed by atoms with E-state index in [9.17, 15) is 4.79 Å². The molecule has 3 aromatic rings. The van der Waals surface area contributed by atoms with Crippen molar-refractivity contribution in [3.05, 3.63) is 58.8 Å². The molecule has 2 N–H and O–H groups in total. The average molecular weight is 284 g/mol. The number of fused-ring (bicyclic) bond motifs is 1. The Balaban J connectivity index is 1.73. The number of ether oxygens (including phenoxy) is 1. The Labute approximate surface area is 121 Å². The van der Waals surface area contributed by atoms with Crippen molar-refractivity contribution in [1.82, 2.24) is 14.2 Å². The molecule has 0 aliphatic carbocycles. The first kappa shape index (κ1) is 13.2. The van der Waals surface area contributed by atoms with Gasteiger partial charge in [0.05, 0.1) is 12.2 Å². The third-order valence-electron chi connectivity index (χ3n) is 3.18. The number of aromatic nitrogens is 3. The van der Waals surface area contributed by atoms with Gasteiger partial charge in [-0.2, -0.15) is 5.10 Å². The zero-order chi connectivity index (χ0) is 14.8. The Morgan fingerprint density at radius 2 is 2.14 bits per heavy atom. The Kier molecular flexibility index (Phi) is 3.35. The van der Waals surface area contributed by atoms with Gasteiger partial charge < -0.3 is 15.0 Å². The summed E-state index contributed by atoms with van der Waals surface area (Å²) in [4.78, 5) is 12.3. The second kappa shape index (κ2) is 5.32. The number of nitrogens with zero attached hydrogens (tertiary/aromatic N) is 3. The first-order valence-corrected chi connectivity index (χ1v) is 6.67. The Bertz CT molecular complexity index is 835. The fourth-order valence-corrected chi connectivity index (χ4v) is 2.19. The van der Waals surface area contributed by atoms with Crippen molar-refractivity contribution in [2.24, 2.45) is 0 Å². The maximum Gasteiger partial charge on any atom is 0.276 e. The molecule has 0 aliphatic heterocycles. The van der Waals surface area contributed by atoms with Crippen molar-refractivity contribution in [3.8, 4) is 5.75 Å². The molecule has 0 fully saturated rings. The van der Waals surface area contributed by atoms with Crippen molar-refractivity contribution < 1.29 is 4.74 Å². The normalized spacial score (nSPS) is 10.9. The van der Waals surface area contributed by atoms with Crippen molar-refractivity contribution in [2.75, 3.05) is 12.3 Å². The van der Waals surface area contributed by atoms with Gasteiger partial charge in [0.2, 0.25) is 0 Å². The number of rotatable bonds is 4. The quantitative estimate of drug-likeness (QED) is 0.736. The van der Waals surface area contributed by atoms with Gasteiger partial charge in [0.25, 0.3) is 5.56 Å². The van der Waals surface area contributed by atoms with E-state index in [1.54, 1.807) is 39.7 Å². The zero-order valence-electron chi connectivity index (χ0n) is 11.7. The number of hydrogen-bond acceptors (Lipinski definition) is 4. The molecular formula is C15H16N4O2. The zero-order valence-corrected chi connectivity index (χ0v) is 11.7. The van der Waals surface area contributed by atoms with Crippen LogP contribution >= 0.6 is 0 Å². The molecule has 3 rings (SSSR count). The minimum Gasteiger partial charge on any atom is -0.492 e. The largest absolute Gasteiger partial charge is 0.492 e. The van der Waals surface area contributed by atoms with Gasteiger partial charge >= 0.3 is 0 Å². The topological polar surface area (TPSA) is 74.5 Å². The molecule has 21 heavy (non-hydrogen) atoms. The fraction of sp³-hybridized carbons (Fsp3) is 0.200. The standard InChI is InChI=1S/C15H16N4O2/c1-11-9-14-15(20)18(5-6-19(14)17-11)7-8-21-13-4-2-3-12(16)10-13/h2-6,9-10H,7-8,16H2,1H3. The number of nitrogens with two attached hydrogens (primary N) is 1. The number of nitrogen functional groups attached to an aromatic ring is 1.